The third kappa shape index (κ3) is 4.89. The van der Waals surface area contributed by atoms with Crippen molar-refractivity contribution < 1.29 is 23.4 Å². The fraction of sp³-hybridized carbons (Fsp3) is 0.611. The molecule has 1 saturated heterocycles. The summed E-state index contributed by atoms with van der Waals surface area (Å²) in [4.78, 5) is 15.1. The Balaban J connectivity index is 2.13. The molecule has 1 heterocycles. The van der Waals surface area contributed by atoms with Crippen LogP contribution in [0.5, 0.6) is 5.75 Å². The number of carbonyl (C=O) groups is 1. The Morgan fingerprint density at radius 2 is 2.12 bits per heavy atom. The third-order valence-electron chi connectivity index (χ3n) is 4.92. The Hall–Kier alpha value is -1.73. The van der Waals surface area contributed by atoms with Gasteiger partial charge in [0.05, 0.1) is 7.11 Å². The number of benzene rings is 1. The summed E-state index contributed by atoms with van der Waals surface area (Å²) in [5.74, 6) is -2.08. The van der Waals surface area contributed by atoms with E-state index >= 15 is 0 Å². The fourth-order valence-electron chi connectivity index (χ4n) is 3.65. The molecule has 0 radical (unpaired) electrons. The van der Waals surface area contributed by atoms with Crippen LogP contribution < -0.4 is 4.74 Å². The molecule has 0 unspecified atom stereocenters. The third-order valence-corrected chi connectivity index (χ3v) is 4.92. The van der Waals surface area contributed by atoms with Crippen molar-refractivity contribution in [2.45, 2.75) is 31.8 Å². The monoisotopic (exact) mass is 356 g/mol. The Morgan fingerprint density at radius 3 is 2.72 bits per heavy atom. The van der Waals surface area contributed by atoms with Gasteiger partial charge in [-0.3, -0.25) is 9.69 Å². The van der Waals surface area contributed by atoms with E-state index in [2.05, 4.69) is 4.90 Å². The van der Waals surface area contributed by atoms with Gasteiger partial charge in [-0.1, -0.05) is 0 Å². The largest absolute Gasteiger partial charge is 0.496 e. The van der Waals surface area contributed by atoms with Crippen LogP contribution in [-0.4, -0.2) is 61.2 Å². The highest BCUT2D eigenvalue weighted by molar-refractivity contribution is 5.66. The molecule has 2 atom stereocenters. The molecule has 5 nitrogen and oxygen atoms in total. The maximum atomic E-state index is 14.2. The number of nitrogens with zero attached hydrogens (tertiary/aromatic N) is 2. The van der Waals surface area contributed by atoms with Crippen LogP contribution in [0.15, 0.2) is 12.1 Å². The smallest absolute Gasteiger partial charge is 0.303 e. The molecule has 1 aromatic carbocycles. The molecule has 0 saturated carbocycles. The van der Waals surface area contributed by atoms with Crippen molar-refractivity contribution in [2.24, 2.45) is 5.92 Å². The molecule has 1 fully saturated rings. The average molecular weight is 356 g/mol. The van der Waals surface area contributed by atoms with E-state index in [1.54, 1.807) is 0 Å². The lowest BCUT2D eigenvalue weighted by molar-refractivity contribution is -0.137. The van der Waals surface area contributed by atoms with Crippen LogP contribution in [0.25, 0.3) is 0 Å². The second-order valence-corrected chi connectivity index (χ2v) is 6.79. The van der Waals surface area contributed by atoms with Crippen molar-refractivity contribution in [1.82, 2.24) is 9.80 Å². The van der Waals surface area contributed by atoms with Crippen molar-refractivity contribution in [1.29, 1.82) is 0 Å². The maximum absolute atomic E-state index is 14.2. The van der Waals surface area contributed by atoms with Gasteiger partial charge in [0.1, 0.15) is 5.75 Å². The van der Waals surface area contributed by atoms with E-state index in [-0.39, 0.29) is 30.5 Å². The van der Waals surface area contributed by atoms with Gasteiger partial charge in [-0.05, 0) is 45.0 Å². The molecule has 0 aliphatic carbocycles. The van der Waals surface area contributed by atoms with Crippen LogP contribution in [-0.2, 0) is 11.3 Å². The van der Waals surface area contributed by atoms with Gasteiger partial charge in [0.15, 0.2) is 11.6 Å². The number of methoxy groups -OCH3 is 1. The van der Waals surface area contributed by atoms with E-state index in [0.29, 0.717) is 18.7 Å². The zero-order valence-electron chi connectivity index (χ0n) is 15.0. The number of aliphatic carboxylic acids is 1. The molecule has 0 aromatic heterocycles. The van der Waals surface area contributed by atoms with Crippen molar-refractivity contribution >= 4 is 5.97 Å². The minimum atomic E-state index is -0.888. The minimum Gasteiger partial charge on any atom is -0.496 e. The first-order valence-electron chi connectivity index (χ1n) is 8.45. The molecule has 0 bridgehead atoms. The summed E-state index contributed by atoms with van der Waals surface area (Å²) in [6.07, 6.45) is 1.54. The lowest BCUT2D eigenvalue weighted by Gasteiger charge is -2.41. The first-order chi connectivity index (χ1) is 11.8. The van der Waals surface area contributed by atoms with Crippen molar-refractivity contribution in [3.8, 4) is 5.75 Å². The zero-order chi connectivity index (χ0) is 18.6. The van der Waals surface area contributed by atoms with Gasteiger partial charge in [-0.15, -0.1) is 0 Å². The molecule has 0 spiro atoms. The van der Waals surface area contributed by atoms with E-state index < -0.39 is 17.6 Å². The van der Waals surface area contributed by atoms with Gasteiger partial charge < -0.3 is 14.7 Å². The summed E-state index contributed by atoms with van der Waals surface area (Å²) < 4.78 is 32.9. The fourth-order valence-corrected chi connectivity index (χ4v) is 3.65. The van der Waals surface area contributed by atoms with Crippen molar-refractivity contribution in [2.75, 3.05) is 34.3 Å². The zero-order valence-corrected chi connectivity index (χ0v) is 15.0. The standard InChI is InChI=1S/C18H26F2N2O3/c1-21(2)15-8-9-22(10-12(15)4-7-17(23)24)11-13-16(25-3)6-5-14(19)18(13)20/h5-6,12,15H,4,7-11H2,1-3H3,(H,23,24)/t12-,15+/m0/s1. The molecule has 1 aliphatic rings. The number of halogens is 2. The summed E-state index contributed by atoms with van der Waals surface area (Å²) >= 11 is 0. The van der Waals surface area contributed by atoms with E-state index in [4.69, 9.17) is 9.84 Å². The predicted octanol–water partition coefficient (Wildman–Crippen LogP) is 2.59. The highest BCUT2D eigenvalue weighted by Gasteiger charge is 2.31. The van der Waals surface area contributed by atoms with E-state index in [0.717, 1.165) is 19.0 Å². The number of rotatable bonds is 7. The molecule has 140 valence electrons. The van der Waals surface area contributed by atoms with Gasteiger partial charge in [0.2, 0.25) is 0 Å². The van der Waals surface area contributed by atoms with Crippen LogP contribution in [0.2, 0.25) is 0 Å². The highest BCUT2D eigenvalue weighted by atomic mass is 19.2. The summed E-state index contributed by atoms with van der Waals surface area (Å²) in [7, 11) is 5.41. The van der Waals surface area contributed by atoms with Gasteiger partial charge >= 0.3 is 5.97 Å². The first-order valence-corrected chi connectivity index (χ1v) is 8.45. The SMILES string of the molecule is COc1ccc(F)c(F)c1CN1CC[C@@H](N(C)C)[C@@H](CCC(=O)O)C1. The highest BCUT2D eigenvalue weighted by Crippen LogP contribution is 2.29. The molecule has 25 heavy (non-hydrogen) atoms. The second-order valence-electron chi connectivity index (χ2n) is 6.79. The van der Waals surface area contributed by atoms with E-state index in [9.17, 15) is 13.6 Å². The van der Waals surface area contributed by atoms with Crippen LogP contribution in [0.3, 0.4) is 0 Å². The number of carboxylic acids is 1. The van der Waals surface area contributed by atoms with Crippen LogP contribution in [0.4, 0.5) is 8.78 Å². The first kappa shape index (κ1) is 19.6. The average Bonchev–Trinajstić information content (AvgIpc) is 2.57. The normalized spacial score (nSPS) is 21.5. The van der Waals surface area contributed by atoms with Gasteiger partial charge in [-0.25, -0.2) is 8.78 Å². The molecule has 1 aliphatic heterocycles. The lowest BCUT2D eigenvalue weighted by Crippen LogP contribution is -2.48. The Labute approximate surface area is 147 Å². The minimum absolute atomic E-state index is 0.112. The van der Waals surface area contributed by atoms with E-state index in [1.807, 2.05) is 19.0 Å². The Bertz CT molecular complexity index is 610. The molecule has 1 aromatic rings. The predicted molar refractivity (Wildman–Crippen MR) is 90.6 cm³/mol. The van der Waals surface area contributed by atoms with Crippen molar-refractivity contribution in [3.63, 3.8) is 0 Å². The van der Waals surface area contributed by atoms with Crippen molar-refractivity contribution in [3.05, 3.63) is 29.3 Å². The number of hydrogen-bond acceptors (Lipinski definition) is 4. The number of carboxylic acid groups (broad SMARTS) is 1. The molecule has 0 amide bonds. The van der Waals surface area contributed by atoms with Crippen LogP contribution >= 0.6 is 0 Å². The summed E-state index contributed by atoms with van der Waals surface area (Å²) in [5.41, 5.74) is 0.211. The molecular formula is C18H26F2N2O3. The van der Waals surface area contributed by atoms with Gasteiger partial charge in [-0.2, -0.15) is 0 Å². The molecule has 7 heteroatoms. The lowest BCUT2D eigenvalue weighted by atomic mass is 9.87. The van der Waals surface area contributed by atoms with E-state index in [1.165, 1.54) is 13.2 Å². The number of likely N-dealkylation sites (tertiary alicyclic amines) is 1. The quantitative estimate of drug-likeness (QED) is 0.814. The van der Waals surface area contributed by atoms with Crippen LogP contribution in [0, 0.1) is 17.6 Å². The number of hydrogen-bond donors (Lipinski definition) is 1. The number of ether oxygens (including phenoxy) is 1. The van der Waals surface area contributed by atoms with Crippen LogP contribution in [0.1, 0.15) is 24.8 Å². The summed E-state index contributed by atoms with van der Waals surface area (Å²) in [6, 6.07) is 2.78. The molecule has 2 rings (SSSR count). The second kappa shape index (κ2) is 8.58. The van der Waals surface area contributed by atoms with Gasteiger partial charge in [0.25, 0.3) is 0 Å². The summed E-state index contributed by atoms with van der Waals surface area (Å²) in [6.45, 7) is 1.64. The summed E-state index contributed by atoms with van der Waals surface area (Å²) in [5, 5.41) is 8.97. The Morgan fingerprint density at radius 1 is 1.40 bits per heavy atom. The number of piperidine rings is 1. The topological polar surface area (TPSA) is 53.0 Å². The Kier molecular flexibility index (Phi) is 6.72. The molecular weight excluding hydrogens is 330 g/mol. The van der Waals surface area contributed by atoms with Gasteiger partial charge in [0, 0.05) is 37.7 Å². The molecule has 1 N–H and O–H groups in total. The maximum Gasteiger partial charge on any atom is 0.303 e.